The van der Waals surface area contributed by atoms with Crippen molar-refractivity contribution in [2.24, 2.45) is 11.3 Å². The number of rotatable bonds is 7. The zero-order valence-electron chi connectivity index (χ0n) is 13.6. The Kier molecular flexibility index (Phi) is 6.79. The van der Waals surface area contributed by atoms with Crippen molar-refractivity contribution in [3.05, 3.63) is 0 Å². The first kappa shape index (κ1) is 16.3. The van der Waals surface area contributed by atoms with Crippen molar-refractivity contribution >= 4 is 0 Å². The fourth-order valence-electron chi connectivity index (χ4n) is 3.86. The van der Waals surface area contributed by atoms with E-state index in [4.69, 9.17) is 4.74 Å². The van der Waals surface area contributed by atoms with Crippen LogP contribution in [0, 0.1) is 11.3 Å². The van der Waals surface area contributed by atoms with Crippen LogP contribution in [0.2, 0.25) is 0 Å². The van der Waals surface area contributed by atoms with Gasteiger partial charge in [-0.2, -0.15) is 0 Å². The third kappa shape index (κ3) is 4.71. The molecule has 0 radical (unpaired) electrons. The molecule has 0 saturated carbocycles. The smallest absolute Gasteiger partial charge is 0.0546 e. The molecule has 0 aromatic heterocycles. The number of hydrogen-bond acceptors (Lipinski definition) is 3. The largest absolute Gasteiger partial charge is 0.381 e. The van der Waals surface area contributed by atoms with Crippen LogP contribution in [-0.2, 0) is 4.74 Å². The molecule has 0 aliphatic carbocycles. The van der Waals surface area contributed by atoms with Gasteiger partial charge in [-0.3, -0.25) is 0 Å². The molecule has 2 fully saturated rings. The van der Waals surface area contributed by atoms with Crippen molar-refractivity contribution in [2.75, 3.05) is 45.9 Å². The van der Waals surface area contributed by atoms with Crippen LogP contribution in [0.1, 0.15) is 52.4 Å². The van der Waals surface area contributed by atoms with Crippen molar-refractivity contribution in [3.63, 3.8) is 0 Å². The highest BCUT2D eigenvalue weighted by Gasteiger charge is 2.35. The van der Waals surface area contributed by atoms with Crippen LogP contribution in [0.25, 0.3) is 0 Å². The summed E-state index contributed by atoms with van der Waals surface area (Å²) in [5.74, 6) is 0.925. The average molecular weight is 282 g/mol. The Hall–Kier alpha value is -0.120. The van der Waals surface area contributed by atoms with E-state index in [9.17, 15) is 0 Å². The summed E-state index contributed by atoms with van der Waals surface area (Å²) in [6, 6.07) is 0. The van der Waals surface area contributed by atoms with Crippen LogP contribution < -0.4 is 5.32 Å². The van der Waals surface area contributed by atoms with E-state index in [2.05, 4.69) is 24.1 Å². The Morgan fingerprint density at radius 2 is 2.20 bits per heavy atom. The first-order chi connectivity index (χ1) is 9.78. The molecule has 2 unspecified atom stereocenters. The van der Waals surface area contributed by atoms with Crippen LogP contribution in [0.3, 0.4) is 0 Å². The third-order valence-corrected chi connectivity index (χ3v) is 5.07. The molecular weight excluding hydrogens is 248 g/mol. The van der Waals surface area contributed by atoms with Gasteiger partial charge in [0.15, 0.2) is 0 Å². The lowest BCUT2D eigenvalue weighted by atomic mass is 9.80. The van der Waals surface area contributed by atoms with E-state index in [0.717, 1.165) is 32.2 Å². The second kappa shape index (κ2) is 8.35. The molecule has 1 N–H and O–H groups in total. The SMILES string of the molecule is CCCNCC1(CN2CCCC(CC)C2)CCCOC1. The number of nitrogens with one attached hydrogen (secondary N) is 1. The van der Waals surface area contributed by atoms with Crippen LogP contribution >= 0.6 is 0 Å². The van der Waals surface area contributed by atoms with Gasteiger partial charge in [-0.1, -0.05) is 20.3 Å². The van der Waals surface area contributed by atoms with Gasteiger partial charge < -0.3 is 15.0 Å². The van der Waals surface area contributed by atoms with Crippen LogP contribution in [0.5, 0.6) is 0 Å². The Bertz CT molecular complexity index is 264. The van der Waals surface area contributed by atoms with E-state index in [-0.39, 0.29) is 0 Å². The van der Waals surface area contributed by atoms with E-state index in [0.29, 0.717) is 5.41 Å². The van der Waals surface area contributed by atoms with Gasteiger partial charge >= 0.3 is 0 Å². The summed E-state index contributed by atoms with van der Waals surface area (Å²) < 4.78 is 5.84. The maximum atomic E-state index is 5.84. The van der Waals surface area contributed by atoms with Gasteiger partial charge in [-0.25, -0.2) is 0 Å². The number of ether oxygens (including phenoxy) is 1. The highest BCUT2D eigenvalue weighted by Crippen LogP contribution is 2.31. The van der Waals surface area contributed by atoms with E-state index in [1.54, 1.807) is 0 Å². The van der Waals surface area contributed by atoms with Crippen molar-refractivity contribution in [1.29, 1.82) is 0 Å². The molecule has 2 atom stereocenters. The standard InChI is InChI=1S/C17H34N2O/c1-3-9-18-13-17(8-6-11-20-15-17)14-19-10-5-7-16(4-2)12-19/h16,18H,3-15H2,1-2H3. The van der Waals surface area contributed by atoms with Gasteiger partial charge in [0, 0.05) is 31.7 Å². The minimum Gasteiger partial charge on any atom is -0.381 e. The fourth-order valence-corrected chi connectivity index (χ4v) is 3.86. The minimum atomic E-state index is 0.364. The van der Waals surface area contributed by atoms with E-state index >= 15 is 0 Å². The molecule has 3 nitrogen and oxygen atoms in total. The summed E-state index contributed by atoms with van der Waals surface area (Å²) in [5.41, 5.74) is 0.364. The van der Waals surface area contributed by atoms with Crippen LogP contribution in [0.15, 0.2) is 0 Å². The average Bonchev–Trinajstić information content (AvgIpc) is 2.48. The van der Waals surface area contributed by atoms with Gasteiger partial charge in [-0.05, 0) is 51.1 Å². The van der Waals surface area contributed by atoms with Gasteiger partial charge in [0.05, 0.1) is 6.61 Å². The topological polar surface area (TPSA) is 24.5 Å². The summed E-state index contributed by atoms with van der Waals surface area (Å²) in [6.07, 6.45) is 7.95. The van der Waals surface area contributed by atoms with Crippen LogP contribution in [-0.4, -0.2) is 50.8 Å². The lowest BCUT2D eigenvalue weighted by Gasteiger charge is -2.43. The zero-order chi connectivity index (χ0) is 14.3. The lowest BCUT2D eigenvalue weighted by molar-refractivity contribution is -0.0320. The number of hydrogen-bond donors (Lipinski definition) is 1. The molecule has 0 spiro atoms. The Morgan fingerprint density at radius 3 is 2.90 bits per heavy atom. The Labute approximate surface area is 125 Å². The number of nitrogens with zero attached hydrogens (tertiary/aromatic N) is 1. The van der Waals surface area contributed by atoms with Gasteiger partial charge in [-0.15, -0.1) is 0 Å². The quantitative estimate of drug-likeness (QED) is 0.727. The van der Waals surface area contributed by atoms with E-state index in [1.165, 1.54) is 58.2 Å². The molecule has 0 amide bonds. The van der Waals surface area contributed by atoms with Crippen molar-refractivity contribution in [3.8, 4) is 0 Å². The maximum Gasteiger partial charge on any atom is 0.0546 e. The first-order valence-electron chi connectivity index (χ1n) is 8.79. The summed E-state index contributed by atoms with van der Waals surface area (Å²) in [5, 5.41) is 3.65. The first-order valence-corrected chi connectivity index (χ1v) is 8.79. The van der Waals surface area contributed by atoms with Gasteiger partial charge in [0.25, 0.3) is 0 Å². The zero-order valence-corrected chi connectivity index (χ0v) is 13.6. The van der Waals surface area contributed by atoms with Crippen LogP contribution in [0.4, 0.5) is 0 Å². The molecule has 20 heavy (non-hydrogen) atoms. The van der Waals surface area contributed by atoms with Crippen molar-refractivity contribution in [1.82, 2.24) is 10.2 Å². The van der Waals surface area contributed by atoms with Gasteiger partial charge in [0.1, 0.15) is 0 Å². The molecular formula is C17H34N2O. The summed E-state index contributed by atoms with van der Waals surface area (Å²) in [6.45, 7) is 12.6. The summed E-state index contributed by atoms with van der Waals surface area (Å²) in [7, 11) is 0. The lowest BCUT2D eigenvalue weighted by Crippen LogP contribution is -2.51. The Balaban J connectivity index is 1.88. The third-order valence-electron chi connectivity index (χ3n) is 5.07. The summed E-state index contributed by atoms with van der Waals surface area (Å²) >= 11 is 0. The highest BCUT2D eigenvalue weighted by molar-refractivity contribution is 4.88. The fraction of sp³-hybridized carbons (Fsp3) is 1.00. The molecule has 2 aliphatic rings. The molecule has 0 aromatic rings. The van der Waals surface area contributed by atoms with Crippen molar-refractivity contribution in [2.45, 2.75) is 52.4 Å². The monoisotopic (exact) mass is 282 g/mol. The predicted molar refractivity (Wildman–Crippen MR) is 85.1 cm³/mol. The maximum absolute atomic E-state index is 5.84. The predicted octanol–water partition coefficient (Wildman–Crippen LogP) is 2.90. The Morgan fingerprint density at radius 1 is 1.30 bits per heavy atom. The molecule has 0 bridgehead atoms. The van der Waals surface area contributed by atoms with Crippen molar-refractivity contribution < 1.29 is 4.74 Å². The normalized spacial score (nSPS) is 32.4. The molecule has 2 saturated heterocycles. The molecule has 2 rings (SSSR count). The molecule has 2 aliphatic heterocycles. The number of likely N-dealkylation sites (tertiary alicyclic amines) is 1. The molecule has 3 heteroatoms. The second-order valence-electron chi connectivity index (χ2n) is 6.98. The van der Waals surface area contributed by atoms with E-state index < -0.39 is 0 Å². The second-order valence-corrected chi connectivity index (χ2v) is 6.98. The molecule has 2 heterocycles. The van der Waals surface area contributed by atoms with Gasteiger partial charge in [0.2, 0.25) is 0 Å². The highest BCUT2D eigenvalue weighted by atomic mass is 16.5. The summed E-state index contributed by atoms with van der Waals surface area (Å²) in [4.78, 5) is 2.72. The van der Waals surface area contributed by atoms with E-state index in [1.807, 2.05) is 0 Å². The molecule has 0 aromatic carbocycles. The minimum absolute atomic E-state index is 0.364. The molecule has 118 valence electrons. The number of piperidine rings is 1.